The van der Waals surface area contributed by atoms with Crippen molar-refractivity contribution >= 4 is 12.1 Å². The van der Waals surface area contributed by atoms with Crippen molar-refractivity contribution in [3.63, 3.8) is 0 Å². The molecule has 1 N–H and O–H groups in total. The summed E-state index contributed by atoms with van der Waals surface area (Å²) in [5.74, 6) is -0.243. The number of pyridine rings is 1. The SMILES string of the molecule is C/N=C\CC(NC(=O)C1CCCCC1)c1cncc(F)c1. The third-order valence-corrected chi connectivity index (χ3v) is 3.94. The summed E-state index contributed by atoms with van der Waals surface area (Å²) in [6.45, 7) is 0. The molecule has 1 atom stereocenters. The fourth-order valence-corrected chi connectivity index (χ4v) is 2.76. The average Bonchev–Trinajstić information content (AvgIpc) is 2.52. The van der Waals surface area contributed by atoms with Crippen molar-refractivity contribution in [1.29, 1.82) is 0 Å². The van der Waals surface area contributed by atoms with Crippen LogP contribution in [-0.4, -0.2) is 24.2 Å². The number of carbonyl (C=O) groups excluding carboxylic acids is 1. The molecule has 1 heterocycles. The normalized spacial score (nSPS) is 17.8. The number of halogens is 1. The molecule has 0 radical (unpaired) electrons. The lowest BCUT2D eigenvalue weighted by Crippen LogP contribution is -2.35. The molecule has 0 aliphatic heterocycles. The van der Waals surface area contributed by atoms with Crippen molar-refractivity contribution in [2.75, 3.05) is 7.05 Å². The third kappa shape index (κ3) is 4.62. The molecule has 1 fully saturated rings. The lowest BCUT2D eigenvalue weighted by molar-refractivity contribution is -0.126. The molecule has 1 unspecified atom stereocenters. The van der Waals surface area contributed by atoms with E-state index in [9.17, 15) is 9.18 Å². The van der Waals surface area contributed by atoms with Gasteiger partial charge in [-0.25, -0.2) is 4.39 Å². The highest BCUT2D eigenvalue weighted by Crippen LogP contribution is 2.25. The van der Waals surface area contributed by atoms with Crippen LogP contribution in [0, 0.1) is 11.7 Å². The first kappa shape index (κ1) is 15.6. The molecule has 1 aliphatic carbocycles. The summed E-state index contributed by atoms with van der Waals surface area (Å²) in [5, 5.41) is 3.03. The highest BCUT2D eigenvalue weighted by atomic mass is 19.1. The predicted octanol–water partition coefficient (Wildman–Crippen LogP) is 3.05. The van der Waals surface area contributed by atoms with Gasteiger partial charge in [0.2, 0.25) is 5.91 Å². The summed E-state index contributed by atoms with van der Waals surface area (Å²) < 4.78 is 13.3. The minimum absolute atomic E-state index is 0.0634. The van der Waals surface area contributed by atoms with Crippen molar-refractivity contribution in [1.82, 2.24) is 10.3 Å². The van der Waals surface area contributed by atoms with Crippen LogP contribution in [0.15, 0.2) is 23.5 Å². The zero-order valence-electron chi connectivity index (χ0n) is 12.4. The Kier molecular flexibility index (Phi) is 5.84. The standard InChI is InChI=1S/C16H22FN3O/c1-18-8-7-15(13-9-14(17)11-19-10-13)20-16(21)12-5-3-2-4-6-12/h8-12,15H,2-7H2,1H3,(H,20,21)/b18-8-. The van der Waals surface area contributed by atoms with Crippen LogP contribution >= 0.6 is 0 Å². The second-order valence-electron chi connectivity index (χ2n) is 5.51. The average molecular weight is 291 g/mol. The maximum absolute atomic E-state index is 13.3. The molecule has 4 nitrogen and oxygen atoms in total. The molecule has 1 aliphatic rings. The van der Waals surface area contributed by atoms with Gasteiger partial charge in [-0.2, -0.15) is 0 Å². The summed E-state index contributed by atoms with van der Waals surface area (Å²) in [7, 11) is 1.68. The van der Waals surface area contributed by atoms with Crippen LogP contribution in [0.3, 0.4) is 0 Å². The first-order valence-corrected chi connectivity index (χ1v) is 7.52. The summed E-state index contributed by atoms with van der Waals surface area (Å²) in [6, 6.07) is 1.15. The first-order chi connectivity index (χ1) is 10.2. The molecule has 0 spiro atoms. The summed E-state index contributed by atoms with van der Waals surface area (Å²) in [4.78, 5) is 20.2. The lowest BCUT2D eigenvalue weighted by atomic mass is 9.88. The zero-order valence-corrected chi connectivity index (χ0v) is 12.4. The molecule has 21 heavy (non-hydrogen) atoms. The molecule has 0 saturated heterocycles. The number of aromatic nitrogens is 1. The van der Waals surface area contributed by atoms with Gasteiger partial charge in [0.15, 0.2) is 0 Å². The molecule has 0 aromatic carbocycles. The second kappa shape index (κ2) is 7.86. The number of aliphatic imine (C=N–C) groups is 1. The summed E-state index contributed by atoms with van der Waals surface area (Å²) in [6.07, 6.45) is 10.4. The van der Waals surface area contributed by atoms with Gasteiger partial charge >= 0.3 is 0 Å². The van der Waals surface area contributed by atoms with Gasteiger partial charge in [0.25, 0.3) is 0 Å². The molecule has 2 rings (SSSR count). The van der Waals surface area contributed by atoms with Gasteiger partial charge in [0.1, 0.15) is 5.82 Å². The Bertz CT molecular complexity index is 498. The van der Waals surface area contributed by atoms with Crippen LogP contribution in [0.1, 0.15) is 50.1 Å². The Morgan fingerprint density at radius 2 is 2.24 bits per heavy atom. The fraction of sp³-hybridized carbons (Fsp3) is 0.562. The maximum atomic E-state index is 13.3. The van der Waals surface area contributed by atoms with Gasteiger partial charge in [0, 0.05) is 31.8 Å². The fourth-order valence-electron chi connectivity index (χ4n) is 2.76. The Balaban J connectivity index is 2.06. The van der Waals surface area contributed by atoms with E-state index in [1.807, 2.05) is 0 Å². The topological polar surface area (TPSA) is 54.4 Å². The quantitative estimate of drug-likeness (QED) is 0.848. The van der Waals surface area contributed by atoms with Gasteiger partial charge in [-0.05, 0) is 24.5 Å². The molecule has 0 bridgehead atoms. The molecular formula is C16H22FN3O. The Morgan fingerprint density at radius 3 is 2.90 bits per heavy atom. The first-order valence-electron chi connectivity index (χ1n) is 7.52. The Labute approximate surface area is 124 Å². The number of nitrogens with zero attached hydrogens (tertiary/aromatic N) is 2. The molecule has 1 aromatic rings. The molecule has 1 aromatic heterocycles. The van der Waals surface area contributed by atoms with Gasteiger partial charge < -0.3 is 10.3 Å². The van der Waals surface area contributed by atoms with E-state index in [4.69, 9.17) is 0 Å². The van der Waals surface area contributed by atoms with E-state index in [2.05, 4.69) is 15.3 Å². The van der Waals surface area contributed by atoms with Crippen LogP contribution in [0.5, 0.6) is 0 Å². The lowest BCUT2D eigenvalue weighted by Gasteiger charge is -2.24. The van der Waals surface area contributed by atoms with E-state index in [-0.39, 0.29) is 17.9 Å². The number of amides is 1. The smallest absolute Gasteiger partial charge is 0.223 e. The van der Waals surface area contributed by atoms with Crippen LogP contribution in [0.25, 0.3) is 0 Å². The molecular weight excluding hydrogens is 269 g/mol. The zero-order chi connectivity index (χ0) is 15.1. The number of hydrogen-bond donors (Lipinski definition) is 1. The number of carbonyl (C=O) groups is 1. The monoisotopic (exact) mass is 291 g/mol. The van der Waals surface area contributed by atoms with E-state index >= 15 is 0 Å². The van der Waals surface area contributed by atoms with Gasteiger partial charge in [-0.1, -0.05) is 19.3 Å². The van der Waals surface area contributed by atoms with E-state index in [0.29, 0.717) is 12.0 Å². The summed E-state index contributed by atoms with van der Waals surface area (Å²) >= 11 is 0. The van der Waals surface area contributed by atoms with Crippen molar-refractivity contribution in [2.24, 2.45) is 10.9 Å². The molecule has 114 valence electrons. The highest BCUT2D eigenvalue weighted by molar-refractivity contribution is 5.79. The van der Waals surface area contributed by atoms with Gasteiger partial charge in [-0.15, -0.1) is 0 Å². The van der Waals surface area contributed by atoms with Gasteiger partial charge in [0.05, 0.1) is 12.2 Å². The number of rotatable bonds is 5. The van der Waals surface area contributed by atoms with Crippen molar-refractivity contribution in [3.8, 4) is 0 Å². The largest absolute Gasteiger partial charge is 0.349 e. The summed E-state index contributed by atoms with van der Waals surface area (Å²) in [5.41, 5.74) is 0.680. The van der Waals surface area contributed by atoms with Crippen LogP contribution in [-0.2, 0) is 4.79 Å². The highest BCUT2D eigenvalue weighted by Gasteiger charge is 2.24. The number of hydrogen-bond acceptors (Lipinski definition) is 3. The number of nitrogens with one attached hydrogen (secondary N) is 1. The van der Waals surface area contributed by atoms with Crippen LogP contribution in [0.4, 0.5) is 4.39 Å². The van der Waals surface area contributed by atoms with E-state index in [1.54, 1.807) is 19.5 Å². The molecule has 1 amide bonds. The maximum Gasteiger partial charge on any atom is 0.223 e. The molecule has 5 heteroatoms. The van der Waals surface area contributed by atoms with Crippen LogP contribution in [0.2, 0.25) is 0 Å². The predicted molar refractivity (Wildman–Crippen MR) is 80.7 cm³/mol. The second-order valence-corrected chi connectivity index (χ2v) is 5.51. The van der Waals surface area contributed by atoms with E-state index < -0.39 is 5.82 Å². The van der Waals surface area contributed by atoms with Crippen molar-refractivity contribution in [3.05, 3.63) is 29.8 Å². The molecule has 1 saturated carbocycles. The van der Waals surface area contributed by atoms with Crippen molar-refractivity contribution in [2.45, 2.75) is 44.6 Å². The van der Waals surface area contributed by atoms with E-state index in [0.717, 1.165) is 31.9 Å². The van der Waals surface area contributed by atoms with Crippen LogP contribution < -0.4 is 5.32 Å². The van der Waals surface area contributed by atoms with Gasteiger partial charge in [-0.3, -0.25) is 9.78 Å². The van der Waals surface area contributed by atoms with Crippen molar-refractivity contribution < 1.29 is 9.18 Å². The minimum Gasteiger partial charge on any atom is -0.349 e. The minimum atomic E-state index is -0.391. The van der Waals surface area contributed by atoms with E-state index in [1.165, 1.54) is 12.5 Å². The third-order valence-electron chi connectivity index (χ3n) is 3.94. The Morgan fingerprint density at radius 1 is 1.48 bits per heavy atom. The Hall–Kier alpha value is -1.78.